The summed E-state index contributed by atoms with van der Waals surface area (Å²) in [5.41, 5.74) is 0.950. The molecular formula is C18H21BrN2O4. The molecule has 4 rings (SSSR count). The lowest BCUT2D eigenvalue weighted by Crippen LogP contribution is -2.45. The molecule has 1 N–H and O–H groups in total. The van der Waals surface area contributed by atoms with Crippen LogP contribution in [-0.4, -0.2) is 36.6 Å². The van der Waals surface area contributed by atoms with Crippen molar-refractivity contribution in [3.8, 4) is 11.5 Å². The summed E-state index contributed by atoms with van der Waals surface area (Å²) in [6.45, 7) is 1.98. The molecule has 1 aromatic rings. The number of amides is 2. The van der Waals surface area contributed by atoms with Gasteiger partial charge < -0.3 is 19.7 Å². The van der Waals surface area contributed by atoms with Crippen LogP contribution in [0.2, 0.25) is 0 Å². The van der Waals surface area contributed by atoms with Gasteiger partial charge in [0.25, 0.3) is 0 Å². The molecule has 134 valence electrons. The normalized spacial score (nSPS) is 22.0. The van der Waals surface area contributed by atoms with E-state index >= 15 is 0 Å². The van der Waals surface area contributed by atoms with Crippen molar-refractivity contribution in [2.75, 3.05) is 19.9 Å². The van der Waals surface area contributed by atoms with Crippen LogP contribution < -0.4 is 14.8 Å². The Morgan fingerprint density at radius 2 is 2.04 bits per heavy atom. The Morgan fingerprint density at radius 1 is 1.20 bits per heavy atom. The maximum absolute atomic E-state index is 12.5. The second kappa shape index (κ2) is 6.86. The predicted molar refractivity (Wildman–Crippen MR) is 94.1 cm³/mol. The van der Waals surface area contributed by atoms with Gasteiger partial charge in [-0.25, -0.2) is 0 Å². The lowest BCUT2D eigenvalue weighted by molar-refractivity contribution is -0.136. The van der Waals surface area contributed by atoms with Gasteiger partial charge >= 0.3 is 0 Å². The van der Waals surface area contributed by atoms with E-state index in [1.54, 1.807) is 0 Å². The van der Waals surface area contributed by atoms with E-state index in [0.717, 1.165) is 42.3 Å². The van der Waals surface area contributed by atoms with Crippen molar-refractivity contribution in [2.45, 2.75) is 32.2 Å². The monoisotopic (exact) mass is 408 g/mol. The fourth-order valence-corrected chi connectivity index (χ4v) is 4.04. The topological polar surface area (TPSA) is 67.9 Å². The number of nitrogens with one attached hydrogen (secondary N) is 1. The van der Waals surface area contributed by atoms with Crippen molar-refractivity contribution in [3.63, 3.8) is 0 Å². The van der Waals surface area contributed by atoms with Gasteiger partial charge in [0.15, 0.2) is 11.5 Å². The molecule has 0 aromatic heterocycles. The Morgan fingerprint density at radius 3 is 2.84 bits per heavy atom. The molecule has 2 aliphatic heterocycles. The maximum atomic E-state index is 12.5. The fourth-order valence-electron chi connectivity index (χ4n) is 3.44. The molecule has 2 amide bonds. The zero-order valence-electron chi connectivity index (χ0n) is 13.9. The fraction of sp³-hybridized carbons (Fsp3) is 0.556. The Bertz CT molecular complexity index is 705. The highest BCUT2D eigenvalue weighted by atomic mass is 79.9. The maximum Gasteiger partial charge on any atom is 0.231 e. The number of hydrogen-bond donors (Lipinski definition) is 1. The SMILES string of the molecule is O=C(NCc1cc(Br)c2c(c1)OCO2)[C@@H]1CCCN(C(=O)C2CC2)C1. The van der Waals surface area contributed by atoms with Crippen LogP contribution in [-0.2, 0) is 16.1 Å². The van der Waals surface area contributed by atoms with E-state index in [0.29, 0.717) is 24.6 Å². The first-order chi connectivity index (χ1) is 12.1. The van der Waals surface area contributed by atoms with Crippen LogP contribution in [0.25, 0.3) is 0 Å². The van der Waals surface area contributed by atoms with E-state index in [1.807, 2.05) is 17.0 Å². The van der Waals surface area contributed by atoms with Gasteiger partial charge in [0.1, 0.15) is 0 Å². The third kappa shape index (κ3) is 3.61. The number of carbonyl (C=O) groups excluding carboxylic acids is 2. The molecule has 1 saturated carbocycles. The number of ether oxygens (including phenoxy) is 2. The first-order valence-electron chi connectivity index (χ1n) is 8.76. The molecular weight excluding hydrogens is 388 g/mol. The smallest absolute Gasteiger partial charge is 0.231 e. The molecule has 0 radical (unpaired) electrons. The molecule has 2 fully saturated rings. The predicted octanol–water partition coefficient (Wildman–Crippen LogP) is 2.44. The molecule has 7 heteroatoms. The number of benzene rings is 1. The lowest BCUT2D eigenvalue weighted by atomic mass is 9.96. The van der Waals surface area contributed by atoms with E-state index in [4.69, 9.17) is 9.47 Å². The molecule has 6 nitrogen and oxygen atoms in total. The largest absolute Gasteiger partial charge is 0.454 e. The number of piperidine rings is 1. The van der Waals surface area contributed by atoms with Gasteiger partial charge in [-0.15, -0.1) is 0 Å². The van der Waals surface area contributed by atoms with E-state index in [9.17, 15) is 9.59 Å². The number of hydrogen-bond acceptors (Lipinski definition) is 4. The van der Waals surface area contributed by atoms with Crippen LogP contribution >= 0.6 is 15.9 Å². The van der Waals surface area contributed by atoms with Crippen molar-refractivity contribution in [3.05, 3.63) is 22.2 Å². The third-order valence-electron chi connectivity index (χ3n) is 4.98. The van der Waals surface area contributed by atoms with Crippen molar-refractivity contribution < 1.29 is 19.1 Å². The summed E-state index contributed by atoms with van der Waals surface area (Å²) in [6.07, 6.45) is 3.74. The van der Waals surface area contributed by atoms with Crippen LogP contribution in [0.5, 0.6) is 11.5 Å². The standard InChI is InChI=1S/C18H21BrN2O4/c19-14-6-11(7-15-16(14)25-10-24-15)8-20-17(22)13-2-1-5-21(9-13)18(23)12-3-4-12/h6-7,12-13H,1-5,8-10H2,(H,20,22)/t13-/m1/s1. The van der Waals surface area contributed by atoms with Crippen molar-refractivity contribution in [1.29, 1.82) is 0 Å². The molecule has 1 saturated heterocycles. The van der Waals surface area contributed by atoms with Crippen LogP contribution in [0.4, 0.5) is 0 Å². The summed E-state index contributed by atoms with van der Waals surface area (Å²) in [6, 6.07) is 3.81. The minimum atomic E-state index is -0.117. The highest BCUT2D eigenvalue weighted by Crippen LogP contribution is 2.40. The highest BCUT2D eigenvalue weighted by Gasteiger charge is 2.36. The number of rotatable bonds is 4. The molecule has 1 aliphatic carbocycles. The summed E-state index contributed by atoms with van der Waals surface area (Å²) in [4.78, 5) is 26.6. The van der Waals surface area contributed by atoms with Gasteiger partial charge in [-0.05, 0) is 59.3 Å². The van der Waals surface area contributed by atoms with Crippen LogP contribution in [0.1, 0.15) is 31.2 Å². The quantitative estimate of drug-likeness (QED) is 0.830. The molecule has 2 heterocycles. The average molecular weight is 409 g/mol. The molecule has 1 atom stereocenters. The number of carbonyl (C=O) groups is 2. The van der Waals surface area contributed by atoms with Gasteiger partial charge in [-0.1, -0.05) is 0 Å². The Hall–Kier alpha value is -1.76. The van der Waals surface area contributed by atoms with E-state index in [1.165, 1.54) is 0 Å². The number of likely N-dealkylation sites (tertiary alicyclic amines) is 1. The highest BCUT2D eigenvalue weighted by molar-refractivity contribution is 9.10. The third-order valence-corrected chi connectivity index (χ3v) is 5.57. The summed E-state index contributed by atoms with van der Waals surface area (Å²) < 4.78 is 11.6. The number of nitrogens with zero attached hydrogens (tertiary/aromatic N) is 1. The first-order valence-corrected chi connectivity index (χ1v) is 9.55. The number of halogens is 1. The molecule has 0 unspecified atom stereocenters. The van der Waals surface area contributed by atoms with E-state index < -0.39 is 0 Å². The molecule has 0 spiro atoms. The Labute approximate surface area is 155 Å². The summed E-state index contributed by atoms with van der Waals surface area (Å²) in [5, 5.41) is 3.00. The minimum absolute atomic E-state index is 0.0158. The molecule has 1 aromatic carbocycles. The van der Waals surface area contributed by atoms with Gasteiger partial charge in [0.05, 0.1) is 10.4 Å². The minimum Gasteiger partial charge on any atom is -0.454 e. The van der Waals surface area contributed by atoms with E-state index in [-0.39, 0.29) is 30.4 Å². The molecule has 25 heavy (non-hydrogen) atoms. The molecule has 3 aliphatic rings. The van der Waals surface area contributed by atoms with Crippen LogP contribution in [0.15, 0.2) is 16.6 Å². The van der Waals surface area contributed by atoms with Crippen molar-refractivity contribution in [2.24, 2.45) is 11.8 Å². The Balaban J connectivity index is 1.34. The lowest BCUT2D eigenvalue weighted by Gasteiger charge is -2.32. The first kappa shape index (κ1) is 16.7. The molecule has 0 bridgehead atoms. The van der Waals surface area contributed by atoms with Crippen molar-refractivity contribution in [1.82, 2.24) is 10.2 Å². The number of fused-ring (bicyclic) bond motifs is 1. The van der Waals surface area contributed by atoms with Crippen LogP contribution in [0, 0.1) is 11.8 Å². The average Bonchev–Trinajstić information content (AvgIpc) is 3.36. The summed E-state index contributed by atoms with van der Waals surface area (Å²) in [7, 11) is 0. The van der Waals surface area contributed by atoms with Gasteiger partial charge in [-0.3, -0.25) is 9.59 Å². The van der Waals surface area contributed by atoms with Crippen LogP contribution in [0.3, 0.4) is 0 Å². The second-order valence-electron chi connectivity index (χ2n) is 6.93. The Kier molecular flexibility index (Phi) is 4.58. The zero-order chi connectivity index (χ0) is 17.4. The second-order valence-corrected chi connectivity index (χ2v) is 7.78. The van der Waals surface area contributed by atoms with Gasteiger partial charge in [0.2, 0.25) is 18.6 Å². The van der Waals surface area contributed by atoms with Crippen molar-refractivity contribution >= 4 is 27.7 Å². The van der Waals surface area contributed by atoms with Gasteiger partial charge in [0, 0.05) is 25.6 Å². The summed E-state index contributed by atoms with van der Waals surface area (Å²) in [5.74, 6) is 1.75. The summed E-state index contributed by atoms with van der Waals surface area (Å²) >= 11 is 3.46. The zero-order valence-corrected chi connectivity index (χ0v) is 15.5. The van der Waals surface area contributed by atoms with E-state index in [2.05, 4.69) is 21.2 Å². The van der Waals surface area contributed by atoms with Gasteiger partial charge in [-0.2, -0.15) is 0 Å².